The number of hydrogen-bond donors (Lipinski definition) is 0. The van der Waals surface area contributed by atoms with Gasteiger partial charge in [0.1, 0.15) is 0 Å². The van der Waals surface area contributed by atoms with Crippen LogP contribution in [-0.2, 0) is 19.4 Å². The van der Waals surface area contributed by atoms with Crippen LogP contribution in [0.3, 0.4) is 0 Å². The lowest BCUT2D eigenvalue weighted by molar-refractivity contribution is 0.708. The first kappa shape index (κ1) is 7.17. The number of halogens is 1. The number of rotatable bonds is 1. The molecule has 1 aromatic rings. The van der Waals surface area contributed by atoms with Crippen LogP contribution in [0.4, 0.5) is 0 Å². The quantitative estimate of drug-likeness (QED) is 0.631. The van der Waals surface area contributed by atoms with Crippen LogP contribution in [-0.4, -0.2) is 9.55 Å². The molecule has 0 N–H and O–H groups in total. The van der Waals surface area contributed by atoms with E-state index in [-0.39, 0.29) is 0 Å². The molecule has 1 aliphatic rings. The average Bonchev–Trinajstić information content (AvgIpc) is 2.46. The summed E-state index contributed by atoms with van der Waals surface area (Å²) in [6, 6.07) is 0. The van der Waals surface area contributed by atoms with Gasteiger partial charge in [0.05, 0.1) is 5.69 Å². The first-order valence-corrected chi connectivity index (χ1v) is 4.44. The summed E-state index contributed by atoms with van der Waals surface area (Å²) >= 11 is 5.91. The summed E-state index contributed by atoms with van der Waals surface area (Å²) in [7, 11) is 0. The second-order valence-corrected chi connectivity index (χ2v) is 3.21. The van der Waals surface area contributed by atoms with Gasteiger partial charge in [0, 0.05) is 12.2 Å². The SMILES string of the molecule is CCn1c(Cl)nc2c1CCC2. The summed E-state index contributed by atoms with van der Waals surface area (Å²) in [6.07, 6.45) is 3.51. The summed E-state index contributed by atoms with van der Waals surface area (Å²) in [6.45, 7) is 3.05. The zero-order valence-corrected chi connectivity index (χ0v) is 7.36. The molecule has 0 unspecified atom stereocenters. The lowest BCUT2D eigenvalue weighted by Crippen LogP contribution is -1.98. The highest BCUT2D eigenvalue weighted by Crippen LogP contribution is 2.24. The maximum absolute atomic E-state index is 5.91. The zero-order chi connectivity index (χ0) is 7.84. The molecule has 2 nitrogen and oxygen atoms in total. The molecule has 0 spiro atoms. The Hall–Kier alpha value is -0.500. The van der Waals surface area contributed by atoms with E-state index in [1.165, 1.54) is 17.8 Å². The third-order valence-electron chi connectivity index (χ3n) is 2.25. The lowest BCUT2D eigenvalue weighted by atomic mass is 10.3. The standard InChI is InChI=1S/C8H11ClN2/c1-2-11-7-5-3-4-6(7)10-8(11)9/h2-5H2,1H3. The first-order chi connectivity index (χ1) is 5.33. The Bertz CT molecular complexity index is 278. The summed E-state index contributed by atoms with van der Waals surface area (Å²) < 4.78 is 2.10. The molecule has 0 saturated carbocycles. The van der Waals surface area contributed by atoms with Crippen LogP contribution in [0.1, 0.15) is 24.7 Å². The van der Waals surface area contributed by atoms with Crippen molar-refractivity contribution in [3.63, 3.8) is 0 Å². The Labute approximate surface area is 71.2 Å². The molecule has 1 heterocycles. The second kappa shape index (κ2) is 2.52. The van der Waals surface area contributed by atoms with Gasteiger partial charge in [0.2, 0.25) is 5.28 Å². The minimum absolute atomic E-state index is 0.664. The first-order valence-electron chi connectivity index (χ1n) is 4.06. The Morgan fingerprint density at radius 1 is 1.55 bits per heavy atom. The van der Waals surface area contributed by atoms with Gasteiger partial charge in [0.15, 0.2) is 0 Å². The Morgan fingerprint density at radius 2 is 2.36 bits per heavy atom. The van der Waals surface area contributed by atoms with Crippen LogP contribution in [0.2, 0.25) is 5.28 Å². The van der Waals surface area contributed by atoms with Crippen LogP contribution in [0.5, 0.6) is 0 Å². The van der Waals surface area contributed by atoms with Gasteiger partial charge < -0.3 is 4.57 Å². The van der Waals surface area contributed by atoms with E-state index in [0.717, 1.165) is 19.4 Å². The maximum Gasteiger partial charge on any atom is 0.203 e. The summed E-state index contributed by atoms with van der Waals surface area (Å²) in [5.74, 6) is 0. The molecule has 0 atom stereocenters. The normalized spacial score (nSPS) is 15.5. The third kappa shape index (κ3) is 0.968. The van der Waals surface area contributed by atoms with E-state index in [0.29, 0.717) is 5.28 Å². The van der Waals surface area contributed by atoms with E-state index < -0.39 is 0 Å². The molecule has 0 saturated heterocycles. The van der Waals surface area contributed by atoms with Crippen LogP contribution in [0.15, 0.2) is 0 Å². The van der Waals surface area contributed by atoms with Crippen molar-refractivity contribution in [3.8, 4) is 0 Å². The van der Waals surface area contributed by atoms with Crippen molar-refractivity contribution in [2.24, 2.45) is 0 Å². The predicted molar refractivity (Wildman–Crippen MR) is 44.9 cm³/mol. The average molecular weight is 171 g/mol. The lowest BCUT2D eigenvalue weighted by Gasteiger charge is -2.01. The molecule has 60 valence electrons. The molecule has 2 rings (SSSR count). The maximum atomic E-state index is 5.91. The largest absolute Gasteiger partial charge is 0.319 e. The smallest absolute Gasteiger partial charge is 0.203 e. The van der Waals surface area contributed by atoms with Crippen LogP contribution in [0.25, 0.3) is 0 Å². The topological polar surface area (TPSA) is 17.8 Å². The van der Waals surface area contributed by atoms with E-state index >= 15 is 0 Å². The molecule has 0 fully saturated rings. The Morgan fingerprint density at radius 3 is 3.09 bits per heavy atom. The van der Waals surface area contributed by atoms with Gasteiger partial charge in [-0.15, -0.1) is 0 Å². The minimum atomic E-state index is 0.664. The van der Waals surface area contributed by atoms with Crippen LogP contribution >= 0.6 is 11.6 Å². The molecule has 0 bridgehead atoms. The van der Waals surface area contributed by atoms with Gasteiger partial charge in [-0.25, -0.2) is 4.98 Å². The third-order valence-corrected chi connectivity index (χ3v) is 2.54. The van der Waals surface area contributed by atoms with E-state index in [1.807, 2.05) is 0 Å². The van der Waals surface area contributed by atoms with Gasteiger partial charge in [-0.2, -0.15) is 0 Å². The molecule has 1 aliphatic carbocycles. The number of aromatic nitrogens is 2. The van der Waals surface area contributed by atoms with Crippen molar-refractivity contribution in [2.45, 2.75) is 32.7 Å². The molecular weight excluding hydrogens is 160 g/mol. The molecule has 11 heavy (non-hydrogen) atoms. The van der Waals surface area contributed by atoms with Crippen molar-refractivity contribution >= 4 is 11.6 Å². The highest BCUT2D eigenvalue weighted by atomic mass is 35.5. The summed E-state index contributed by atoms with van der Waals surface area (Å²) in [4.78, 5) is 4.29. The van der Waals surface area contributed by atoms with Crippen molar-refractivity contribution in [1.29, 1.82) is 0 Å². The molecule has 3 heteroatoms. The molecule has 0 radical (unpaired) electrons. The minimum Gasteiger partial charge on any atom is -0.319 e. The fraction of sp³-hybridized carbons (Fsp3) is 0.625. The van der Waals surface area contributed by atoms with Crippen molar-refractivity contribution < 1.29 is 0 Å². The van der Waals surface area contributed by atoms with E-state index in [9.17, 15) is 0 Å². The van der Waals surface area contributed by atoms with Crippen LogP contribution in [0, 0.1) is 0 Å². The number of fused-ring (bicyclic) bond motifs is 1. The number of nitrogens with zero attached hydrogens (tertiary/aromatic N) is 2. The van der Waals surface area contributed by atoms with Crippen molar-refractivity contribution in [1.82, 2.24) is 9.55 Å². The molecule has 0 aromatic carbocycles. The fourth-order valence-corrected chi connectivity index (χ4v) is 2.05. The molecule has 0 aliphatic heterocycles. The number of imidazole rings is 1. The Balaban J connectivity index is 2.52. The molecule has 0 amide bonds. The monoisotopic (exact) mass is 170 g/mol. The van der Waals surface area contributed by atoms with Gasteiger partial charge >= 0.3 is 0 Å². The van der Waals surface area contributed by atoms with Crippen molar-refractivity contribution in [2.75, 3.05) is 0 Å². The van der Waals surface area contributed by atoms with Gasteiger partial charge in [0.25, 0.3) is 0 Å². The highest BCUT2D eigenvalue weighted by Gasteiger charge is 2.18. The highest BCUT2D eigenvalue weighted by molar-refractivity contribution is 6.28. The van der Waals surface area contributed by atoms with E-state index in [2.05, 4.69) is 16.5 Å². The van der Waals surface area contributed by atoms with Gasteiger partial charge in [-0.1, -0.05) is 0 Å². The summed E-state index contributed by atoms with van der Waals surface area (Å²) in [5, 5.41) is 0.664. The fourth-order valence-electron chi connectivity index (χ4n) is 1.73. The van der Waals surface area contributed by atoms with Crippen LogP contribution < -0.4 is 0 Å². The molecular formula is C8H11ClN2. The second-order valence-electron chi connectivity index (χ2n) is 2.87. The number of aryl methyl sites for hydroxylation is 1. The van der Waals surface area contributed by atoms with Gasteiger partial charge in [-0.05, 0) is 37.8 Å². The summed E-state index contributed by atoms with van der Waals surface area (Å²) in [5.41, 5.74) is 2.58. The van der Waals surface area contributed by atoms with Crippen molar-refractivity contribution in [3.05, 3.63) is 16.7 Å². The zero-order valence-electron chi connectivity index (χ0n) is 6.60. The predicted octanol–water partition coefficient (Wildman–Crippen LogP) is 2.05. The molecule has 1 aromatic heterocycles. The Kier molecular flexibility index (Phi) is 1.64. The van der Waals surface area contributed by atoms with Gasteiger partial charge in [-0.3, -0.25) is 0 Å². The van der Waals surface area contributed by atoms with E-state index in [1.54, 1.807) is 0 Å². The number of hydrogen-bond acceptors (Lipinski definition) is 1. The van der Waals surface area contributed by atoms with E-state index in [4.69, 9.17) is 11.6 Å².